The first-order valence-electron chi connectivity index (χ1n) is 9.78. The normalized spacial score (nSPS) is 15.1. The molecule has 1 aliphatic rings. The van der Waals surface area contributed by atoms with Gasteiger partial charge in [0.25, 0.3) is 0 Å². The second-order valence-electron chi connectivity index (χ2n) is 6.96. The Hall–Kier alpha value is -1.23. The van der Waals surface area contributed by atoms with Crippen molar-refractivity contribution >= 4 is 41.3 Å². The molecule has 2 aromatic rings. The van der Waals surface area contributed by atoms with Crippen LogP contribution in [0.1, 0.15) is 39.5 Å². The van der Waals surface area contributed by atoms with Gasteiger partial charge in [0, 0.05) is 31.7 Å². The number of nitrogens with one attached hydrogen (secondary N) is 2. The zero-order valence-corrected chi connectivity index (χ0v) is 20.5. The van der Waals surface area contributed by atoms with Gasteiger partial charge in [-0.3, -0.25) is 4.99 Å². The van der Waals surface area contributed by atoms with Crippen molar-refractivity contribution in [3.05, 3.63) is 51.0 Å². The van der Waals surface area contributed by atoms with E-state index in [-0.39, 0.29) is 24.0 Å². The number of rotatable bonds is 7. The van der Waals surface area contributed by atoms with Gasteiger partial charge in [0.2, 0.25) is 0 Å². The summed E-state index contributed by atoms with van der Waals surface area (Å²) in [5, 5.41) is 7.84. The highest BCUT2D eigenvalue weighted by atomic mass is 127. The van der Waals surface area contributed by atoms with Gasteiger partial charge in [0.15, 0.2) is 5.96 Å². The van der Waals surface area contributed by atoms with Crippen molar-refractivity contribution in [2.75, 3.05) is 20.3 Å². The van der Waals surface area contributed by atoms with Crippen LogP contribution < -0.4 is 10.6 Å². The number of thiazole rings is 1. The number of nitrogens with zero attached hydrogens (tertiary/aromatic N) is 2. The van der Waals surface area contributed by atoms with Crippen molar-refractivity contribution in [2.45, 2.75) is 52.5 Å². The van der Waals surface area contributed by atoms with E-state index in [0.717, 1.165) is 49.3 Å². The number of guanidine groups is 1. The molecular weight excluding hydrogens is 499 g/mol. The first kappa shape index (κ1) is 24.0. The Bertz CT molecular complexity index is 791. The average molecular weight is 530 g/mol. The van der Waals surface area contributed by atoms with E-state index in [9.17, 15) is 0 Å². The van der Waals surface area contributed by atoms with Crippen LogP contribution in [0.15, 0.2) is 29.3 Å². The van der Waals surface area contributed by atoms with Crippen molar-refractivity contribution in [2.24, 2.45) is 4.99 Å². The van der Waals surface area contributed by atoms with Crippen LogP contribution in [-0.2, 0) is 29.2 Å². The van der Waals surface area contributed by atoms with Gasteiger partial charge in [-0.05, 0) is 37.8 Å². The Morgan fingerprint density at radius 1 is 1.21 bits per heavy atom. The highest BCUT2D eigenvalue weighted by molar-refractivity contribution is 14.0. The molecule has 0 unspecified atom stereocenters. The van der Waals surface area contributed by atoms with E-state index in [2.05, 4.69) is 44.9 Å². The monoisotopic (exact) mass is 530 g/mol. The lowest BCUT2D eigenvalue weighted by atomic mass is 10.1. The Morgan fingerprint density at radius 3 is 2.62 bits per heavy atom. The molecule has 2 N–H and O–H groups in total. The summed E-state index contributed by atoms with van der Waals surface area (Å²) in [5.74, 6) is 0.786. The van der Waals surface area contributed by atoms with Crippen LogP contribution in [0.25, 0.3) is 0 Å². The van der Waals surface area contributed by atoms with Gasteiger partial charge in [0.05, 0.1) is 30.0 Å². The van der Waals surface area contributed by atoms with Crippen LogP contribution in [0.2, 0.25) is 0 Å². The number of aromatic nitrogens is 1. The molecule has 1 saturated heterocycles. The number of hydrogen-bond donors (Lipinski definition) is 2. The number of aryl methyl sites for hydroxylation is 2. The molecule has 0 spiro atoms. The van der Waals surface area contributed by atoms with Gasteiger partial charge < -0.3 is 20.1 Å². The smallest absolute Gasteiger partial charge is 0.191 e. The maximum absolute atomic E-state index is 6.03. The molecular formula is C21H31IN4O2S. The highest BCUT2D eigenvalue weighted by Gasteiger charge is 2.14. The van der Waals surface area contributed by atoms with Gasteiger partial charge in [-0.25, -0.2) is 4.98 Å². The molecule has 1 aliphatic heterocycles. The van der Waals surface area contributed by atoms with Gasteiger partial charge in [0.1, 0.15) is 0 Å². The van der Waals surface area contributed by atoms with Crippen molar-refractivity contribution in [3.8, 4) is 0 Å². The van der Waals surface area contributed by atoms with Gasteiger partial charge >= 0.3 is 0 Å². The zero-order chi connectivity index (χ0) is 19.8. The molecule has 1 aromatic carbocycles. The van der Waals surface area contributed by atoms with Crippen LogP contribution in [-0.4, -0.2) is 37.3 Å². The molecule has 0 bridgehead atoms. The van der Waals surface area contributed by atoms with Crippen molar-refractivity contribution in [1.29, 1.82) is 0 Å². The Labute approximate surface area is 194 Å². The number of ether oxygens (including phenoxy) is 2. The molecule has 29 heavy (non-hydrogen) atoms. The van der Waals surface area contributed by atoms with Crippen molar-refractivity contribution < 1.29 is 9.47 Å². The van der Waals surface area contributed by atoms with Crippen LogP contribution in [0, 0.1) is 13.8 Å². The Kier molecular flexibility index (Phi) is 10.3. The van der Waals surface area contributed by atoms with E-state index in [1.165, 1.54) is 16.0 Å². The van der Waals surface area contributed by atoms with Crippen molar-refractivity contribution in [1.82, 2.24) is 15.6 Å². The molecule has 3 rings (SSSR count). The molecule has 1 aromatic heterocycles. The molecule has 0 amide bonds. The summed E-state index contributed by atoms with van der Waals surface area (Å²) < 4.78 is 11.4. The largest absolute Gasteiger partial charge is 0.381 e. The second kappa shape index (κ2) is 12.5. The molecule has 1 fully saturated rings. The van der Waals surface area contributed by atoms with Crippen LogP contribution in [0.5, 0.6) is 0 Å². The predicted octanol–water partition coefficient (Wildman–Crippen LogP) is 3.94. The second-order valence-corrected chi connectivity index (χ2v) is 8.25. The molecule has 8 heteroatoms. The third-order valence-corrected chi connectivity index (χ3v) is 5.82. The lowest BCUT2D eigenvalue weighted by Crippen LogP contribution is -2.36. The van der Waals surface area contributed by atoms with E-state index < -0.39 is 0 Å². The molecule has 0 atom stereocenters. The topological polar surface area (TPSA) is 67.8 Å². The third-order valence-electron chi connectivity index (χ3n) is 4.74. The third kappa shape index (κ3) is 7.84. The molecule has 0 saturated carbocycles. The maximum Gasteiger partial charge on any atom is 0.191 e. The molecule has 2 heterocycles. The summed E-state index contributed by atoms with van der Waals surface area (Å²) >= 11 is 1.72. The number of halogens is 1. The van der Waals surface area contributed by atoms with Crippen molar-refractivity contribution in [3.63, 3.8) is 0 Å². The van der Waals surface area contributed by atoms with Gasteiger partial charge in [-0.2, -0.15) is 0 Å². The minimum Gasteiger partial charge on any atom is -0.381 e. The fourth-order valence-electron chi connectivity index (χ4n) is 3.19. The quantitative estimate of drug-likeness (QED) is 0.323. The fraction of sp³-hybridized carbons (Fsp3) is 0.524. The molecule has 6 nitrogen and oxygen atoms in total. The average Bonchev–Trinajstić information content (AvgIpc) is 3.04. The lowest BCUT2D eigenvalue weighted by Gasteiger charge is -2.22. The summed E-state index contributed by atoms with van der Waals surface area (Å²) in [4.78, 5) is 10.0. The van der Waals surface area contributed by atoms with E-state index in [1.807, 2.05) is 13.8 Å². The first-order chi connectivity index (χ1) is 13.6. The van der Waals surface area contributed by atoms with Crippen LogP contribution in [0.3, 0.4) is 0 Å². The predicted molar refractivity (Wildman–Crippen MR) is 129 cm³/mol. The standard InChI is InChI=1S/C21H30N4O2S.HI/c1-15-20(28-16(2)25-15)13-24-21(22-3)23-12-17-5-4-6-18(11-17)14-27-19-7-9-26-10-8-19;/h4-6,11,19H,7-10,12-14H2,1-3H3,(H2,22,23,24);1H. The Balaban J connectivity index is 0.00000300. The summed E-state index contributed by atoms with van der Waals surface area (Å²) in [7, 11) is 1.79. The lowest BCUT2D eigenvalue weighted by molar-refractivity contribution is -0.0390. The van der Waals surface area contributed by atoms with Crippen LogP contribution >= 0.6 is 35.3 Å². The summed E-state index contributed by atoms with van der Waals surface area (Å²) in [5.41, 5.74) is 3.49. The van der Waals surface area contributed by atoms with E-state index in [4.69, 9.17) is 9.47 Å². The SMILES string of the molecule is CN=C(NCc1cccc(COC2CCOCC2)c1)NCc1sc(C)nc1C.I. The molecule has 0 aliphatic carbocycles. The number of hydrogen-bond acceptors (Lipinski definition) is 5. The number of aliphatic imine (C=N–C) groups is 1. The van der Waals surface area contributed by atoms with Gasteiger partial charge in [-0.15, -0.1) is 35.3 Å². The summed E-state index contributed by atoms with van der Waals surface area (Å²) in [6, 6.07) is 8.51. The molecule has 160 valence electrons. The highest BCUT2D eigenvalue weighted by Crippen LogP contribution is 2.17. The van der Waals surface area contributed by atoms with E-state index >= 15 is 0 Å². The first-order valence-corrected chi connectivity index (χ1v) is 10.6. The minimum absolute atomic E-state index is 0. The zero-order valence-electron chi connectivity index (χ0n) is 17.4. The summed E-state index contributed by atoms with van der Waals surface area (Å²) in [6.45, 7) is 7.79. The fourth-order valence-corrected chi connectivity index (χ4v) is 4.07. The minimum atomic E-state index is 0. The van der Waals surface area contributed by atoms with Gasteiger partial charge in [-0.1, -0.05) is 24.3 Å². The maximum atomic E-state index is 6.03. The van der Waals surface area contributed by atoms with E-state index in [0.29, 0.717) is 19.3 Å². The summed E-state index contributed by atoms with van der Waals surface area (Å²) in [6.07, 6.45) is 2.29. The Morgan fingerprint density at radius 2 is 1.93 bits per heavy atom. The van der Waals surface area contributed by atoms with Crippen LogP contribution in [0.4, 0.5) is 0 Å². The number of benzene rings is 1. The molecule has 0 radical (unpaired) electrons. The van der Waals surface area contributed by atoms with E-state index in [1.54, 1.807) is 18.4 Å².